The number of nitrogens with zero attached hydrogens (tertiary/aromatic N) is 3. The van der Waals surface area contributed by atoms with Gasteiger partial charge in [0, 0.05) is 25.6 Å². The van der Waals surface area contributed by atoms with Crippen LogP contribution >= 0.6 is 11.3 Å². The monoisotopic (exact) mass is 414 g/mol. The van der Waals surface area contributed by atoms with Crippen molar-refractivity contribution in [2.75, 3.05) is 18.0 Å². The Morgan fingerprint density at radius 3 is 2.52 bits per heavy atom. The molecule has 1 N–H and O–H groups in total. The standard InChI is InChI=1S/C21H20F2N4OS/c22-15-7-5-14(6-8-15)13-19-25-26-21(29-19)27-11-9-16(10-12-27)24-20(28)17-3-1-2-4-18(17)23/h1-8,16H,9-13H2,(H,24,28). The molecular weight excluding hydrogens is 394 g/mol. The zero-order chi connectivity index (χ0) is 20.2. The number of piperidine rings is 1. The number of nitrogens with one attached hydrogen (secondary N) is 1. The van der Waals surface area contributed by atoms with Gasteiger partial charge in [-0.05, 0) is 42.7 Å². The van der Waals surface area contributed by atoms with E-state index < -0.39 is 5.82 Å². The molecule has 3 aromatic rings. The van der Waals surface area contributed by atoms with Crippen LogP contribution in [0.15, 0.2) is 48.5 Å². The van der Waals surface area contributed by atoms with Crippen molar-refractivity contribution in [1.29, 1.82) is 0 Å². The van der Waals surface area contributed by atoms with Gasteiger partial charge in [0.15, 0.2) is 0 Å². The fraction of sp³-hybridized carbons (Fsp3) is 0.286. The number of halogens is 2. The third-order valence-corrected chi connectivity index (χ3v) is 5.93. The van der Waals surface area contributed by atoms with Crippen LogP contribution in [0.3, 0.4) is 0 Å². The minimum Gasteiger partial charge on any atom is -0.349 e. The van der Waals surface area contributed by atoms with Crippen LogP contribution in [-0.4, -0.2) is 35.2 Å². The number of benzene rings is 2. The van der Waals surface area contributed by atoms with Crippen LogP contribution in [-0.2, 0) is 6.42 Å². The maximum Gasteiger partial charge on any atom is 0.254 e. The van der Waals surface area contributed by atoms with E-state index in [9.17, 15) is 13.6 Å². The summed E-state index contributed by atoms with van der Waals surface area (Å²) in [5.74, 6) is -1.14. The molecule has 4 rings (SSSR count). The molecule has 0 unspecified atom stereocenters. The number of aromatic nitrogens is 2. The Labute approximate surface area is 171 Å². The lowest BCUT2D eigenvalue weighted by Crippen LogP contribution is -2.44. The average molecular weight is 414 g/mol. The van der Waals surface area contributed by atoms with Crippen LogP contribution in [0, 0.1) is 11.6 Å². The van der Waals surface area contributed by atoms with Gasteiger partial charge in [-0.1, -0.05) is 35.6 Å². The van der Waals surface area contributed by atoms with Gasteiger partial charge in [-0.3, -0.25) is 4.79 Å². The summed E-state index contributed by atoms with van der Waals surface area (Å²) in [5.41, 5.74) is 1.06. The summed E-state index contributed by atoms with van der Waals surface area (Å²) in [6, 6.07) is 12.4. The topological polar surface area (TPSA) is 58.1 Å². The first-order chi connectivity index (χ1) is 14.1. The summed E-state index contributed by atoms with van der Waals surface area (Å²) >= 11 is 1.53. The number of amides is 1. The van der Waals surface area contributed by atoms with Crippen LogP contribution < -0.4 is 10.2 Å². The summed E-state index contributed by atoms with van der Waals surface area (Å²) in [5, 5.41) is 13.2. The lowest BCUT2D eigenvalue weighted by molar-refractivity contribution is 0.0927. The van der Waals surface area contributed by atoms with E-state index >= 15 is 0 Å². The van der Waals surface area contributed by atoms with Crippen LogP contribution in [0.2, 0.25) is 0 Å². The molecule has 1 amide bonds. The fourth-order valence-corrected chi connectivity index (χ4v) is 4.27. The second-order valence-corrected chi connectivity index (χ2v) is 8.04. The van der Waals surface area contributed by atoms with Gasteiger partial charge in [-0.25, -0.2) is 8.78 Å². The second kappa shape index (κ2) is 8.65. The Morgan fingerprint density at radius 2 is 1.79 bits per heavy atom. The summed E-state index contributed by atoms with van der Waals surface area (Å²) in [6.07, 6.45) is 2.13. The van der Waals surface area contributed by atoms with Gasteiger partial charge in [0.25, 0.3) is 5.91 Å². The van der Waals surface area contributed by atoms with E-state index in [4.69, 9.17) is 0 Å². The van der Waals surface area contributed by atoms with Crippen molar-refractivity contribution in [2.24, 2.45) is 0 Å². The Morgan fingerprint density at radius 1 is 1.07 bits per heavy atom. The van der Waals surface area contributed by atoms with Crippen molar-refractivity contribution < 1.29 is 13.6 Å². The molecule has 0 spiro atoms. The van der Waals surface area contributed by atoms with Gasteiger partial charge in [0.05, 0.1) is 5.56 Å². The lowest BCUT2D eigenvalue weighted by atomic mass is 10.0. The highest BCUT2D eigenvalue weighted by atomic mass is 32.1. The van der Waals surface area contributed by atoms with Gasteiger partial charge in [0.2, 0.25) is 5.13 Å². The van der Waals surface area contributed by atoms with Crippen LogP contribution in [0.1, 0.15) is 33.8 Å². The van der Waals surface area contributed by atoms with Crippen LogP contribution in [0.4, 0.5) is 13.9 Å². The van der Waals surface area contributed by atoms with Crippen molar-refractivity contribution in [2.45, 2.75) is 25.3 Å². The van der Waals surface area contributed by atoms with Gasteiger partial charge < -0.3 is 10.2 Å². The zero-order valence-electron chi connectivity index (χ0n) is 15.6. The van der Waals surface area contributed by atoms with E-state index in [1.165, 1.54) is 35.6 Å². The maximum absolute atomic E-state index is 13.8. The summed E-state index contributed by atoms with van der Waals surface area (Å²) in [6.45, 7) is 1.49. The molecule has 1 fully saturated rings. The van der Waals surface area contributed by atoms with E-state index in [1.807, 2.05) is 0 Å². The molecule has 2 aromatic carbocycles. The predicted octanol–water partition coefficient (Wildman–Crippen LogP) is 3.81. The first-order valence-corrected chi connectivity index (χ1v) is 10.3. The Bertz CT molecular complexity index is 984. The van der Waals surface area contributed by atoms with E-state index in [0.29, 0.717) is 6.42 Å². The van der Waals surface area contributed by atoms with Crippen molar-refractivity contribution in [3.8, 4) is 0 Å². The molecule has 0 aliphatic carbocycles. The molecule has 0 bridgehead atoms. The van der Waals surface area contributed by atoms with E-state index in [1.54, 1.807) is 24.3 Å². The van der Waals surface area contributed by atoms with Crippen molar-refractivity contribution in [3.05, 3.63) is 76.3 Å². The minimum absolute atomic E-state index is 0.00460. The molecule has 0 atom stereocenters. The molecule has 0 radical (unpaired) electrons. The first-order valence-electron chi connectivity index (χ1n) is 9.45. The van der Waals surface area contributed by atoms with E-state index in [-0.39, 0.29) is 23.3 Å². The average Bonchev–Trinajstić information content (AvgIpc) is 3.19. The van der Waals surface area contributed by atoms with Crippen molar-refractivity contribution >= 4 is 22.4 Å². The van der Waals surface area contributed by atoms with Crippen molar-refractivity contribution in [1.82, 2.24) is 15.5 Å². The number of carbonyl (C=O) groups is 1. The molecule has 1 aliphatic rings. The molecule has 5 nitrogen and oxygen atoms in total. The Hall–Kier alpha value is -2.87. The van der Waals surface area contributed by atoms with Crippen LogP contribution in [0.25, 0.3) is 0 Å². The summed E-state index contributed by atoms with van der Waals surface area (Å²) in [7, 11) is 0. The molecule has 29 heavy (non-hydrogen) atoms. The largest absolute Gasteiger partial charge is 0.349 e. The Balaban J connectivity index is 1.31. The minimum atomic E-state index is -0.509. The maximum atomic E-state index is 13.8. The highest BCUT2D eigenvalue weighted by Crippen LogP contribution is 2.25. The molecule has 1 aromatic heterocycles. The summed E-state index contributed by atoms with van der Waals surface area (Å²) < 4.78 is 26.8. The van der Waals surface area contributed by atoms with Crippen LogP contribution in [0.5, 0.6) is 0 Å². The third kappa shape index (κ3) is 4.76. The van der Waals surface area contributed by atoms with Crippen molar-refractivity contribution in [3.63, 3.8) is 0 Å². The number of hydrogen-bond acceptors (Lipinski definition) is 5. The fourth-order valence-electron chi connectivity index (χ4n) is 3.34. The lowest BCUT2D eigenvalue weighted by Gasteiger charge is -2.31. The predicted molar refractivity (Wildman–Crippen MR) is 108 cm³/mol. The normalized spacial score (nSPS) is 14.8. The molecule has 1 saturated heterocycles. The zero-order valence-corrected chi connectivity index (χ0v) is 16.5. The third-order valence-electron chi connectivity index (χ3n) is 4.94. The molecule has 2 heterocycles. The molecule has 150 valence electrons. The van der Waals surface area contributed by atoms with Gasteiger partial charge >= 0.3 is 0 Å². The Kier molecular flexibility index (Phi) is 5.80. The first kappa shape index (κ1) is 19.4. The van der Waals surface area contributed by atoms with Gasteiger partial charge in [0.1, 0.15) is 16.6 Å². The molecule has 1 aliphatic heterocycles. The number of carbonyl (C=O) groups excluding carboxylic acids is 1. The molecular formula is C21H20F2N4OS. The van der Waals surface area contributed by atoms with Gasteiger partial charge in [-0.15, -0.1) is 10.2 Å². The highest BCUT2D eigenvalue weighted by Gasteiger charge is 2.24. The number of rotatable bonds is 5. The number of anilines is 1. The molecule has 8 heteroatoms. The molecule has 0 saturated carbocycles. The quantitative estimate of drug-likeness (QED) is 0.690. The second-order valence-electron chi connectivity index (χ2n) is 7.00. The van der Waals surface area contributed by atoms with E-state index in [0.717, 1.165) is 41.6 Å². The SMILES string of the molecule is O=C(NC1CCN(c2nnc(Cc3ccc(F)cc3)s2)CC1)c1ccccc1F. The highest BCUT2D eigenvalue weighted by molar-refractivity contribution is 7.15. The van der Waals surface area contributed by atoms with Gasteiger partial charge in [-0.2, -0.15) is 0 Å². The smallest absolute Gasteiger partial charge is 0.254 e. The summed E-state index contributed by atoms with van der Waals surface area (Å²) in [4.78, 5) is 14.4. The number of hydrogen-bond donors (Lipinski definition) is 1. The van der Waals surface area contributed by atoms with E-state index in [2.05, 4.69) is 20.4 Å².